The Morgan fingerprint density at radius 2 is 1.75 bits per heavy atom. The highest BCUT2D eigenvalue weighted by molar-refractivity contribution is 7.91. The molecule has 1 aromatic rings. The molecular weight excluding hydrogens is 270 g/mol. The fraction of sp³-hybridized carbons (Fsp3) is 0.625. The van der Waals surface area contributed by atoms with Crippen LogP contribution in [0.3, 0.4) is 0 Å². The molecular formula is C16H23NO2S. The first-order chi connectivity index (χ1) is 9.38. The van der Waals surface area contributed by atoms with E-state index in [2.05, 4.69) is 24.3 Å². The number of hydrogen-bond donors (Lipinski definition) is 1. The Bertz CT molecular complexity index is 584. The van der Waals surface area contributed by atoms with Gasteiger partial charge >= 0.3 is 0 Å². The highest BCUT2D eigenvalue weighted by Gasteiger charge is 2.43. The fourth-order valence-electron chi connectivity index (χ4n) is 4.02. The van der Waals surface area contributed by atoms with Crippen molar-refractivity contribution in [2.75, 3.05) is 6.26 Å². The van der Waals surface area contributed by atoms with Gasteiger partial charge in [-0.1, -0.05) is 30.7 Å². The lowest BCUT2D eigenvalue weighted by Crippen LogP contribution is -2.51. The van der Waals surface area contributed by atoms with E-state index in [4.69, 9.17) is 5.73 Å². The molecule has 110 valence electrons. The van der Waals surface area contributed by atoms with Gasteiger partial charge in [-0.25, -0.2) is 8.42 Å². The maximum absolute atomic E-state index is 11.8. The minimum atomic E-state index is -2.94. The van der Waals surface area contributed by atoms with Crippen molar-refractivity contribution in [3.8, 4) is 0 Å². The van der Waals surface area contributed by atoms with Gasteiger partial charge in [0.2, 0.25) is 0 Å². The van der Waals surface area contributed by atoms with E-state index in [0.29, 0.717) is 5.92 Å². The molecule has 1 aromatic carbocycles. The van der Waals surface area contributed by atoms with E-state index in [0.717, 1.165) is 38.5 Å². The summed E-state index contributed by atoms with van der Waals surface area (Å²) >= 11 is 0. The standard InChI is InChI=1S/C16H23NO2S/c1-20(18,19)15-8-4-7-14(9-15)16(17)10-12-5-2-3-6-13(12)11-16/h2-3,5-6,14-15H,4,7-11,17H2,1H3. The van der Waals surface area contributed by atoms with Gasteiger partial charge < -0.3 is 5.73 Å². The van der Waals surface area contributed by atoms with E-state index in [1.54, 1.807) is 0 Å². The Hall–Kier alpha value is -0.870. The van der Waals surface area contributed by atoms with Crippen LogP contribution in [0.25, 0.3) is 0 Å². The van der Waals surface area contributed by atoms with E-state index in [1.807, 2.05) is 0 Å². The summed E-state index contributed by atoms with van der Waals surface area (Å²) in [5, 5.41) is -0.189. The Kier molecular flexibility index (Phi) is 3.41. The van der Waals surface area contributed by atoms with Gasteiger partial charge in [0.1, 0.15) is 9.84 Å². The molecule has 0 heterocycles. The van der Waals surface area contributed by atoms with Crippen LogP contribution >= 0.6 is 0 Å². The second-order valence-corrected chi connectivity index (χ2v) is 9.00. The molecule has 3 nitrogen and oxygen atoms in total. The minimum absolute atomic E-state index is 0.189. The molecule has 0 saturated heterocycles. The van der Waals surface area contributed by atoms with Gasteiger partial charge in [-0.05, 0) is 49.1 Å². The second kappa shape index (κ2) is 4.85. The summed E-state index contributed by atoms with van der Waals surface area (Å²) in [4.78, 5) is 0. The van der Waals surface area contributed by atoms with Crippen molar-refractivity contribution in [2.45, 2.75) is 49.3 Å². The van der Waals surface area contributed by atoms with E-state index >= 15 is 0 Å². The van der Waals surface area contributed by atoms with Crippen molar-refractivity contribution in [1.82, 2.24) is 0 Å². The number of rotatable bonds is 2. The largest absolute Gasteiger partial charge is 0.324 e. The lowest BCUT2D eigenvalue weighted by Gasteiger charge is -2.39. The smallest absolute Gasteiger partial charge is 0.150 e. The number of hydrogen-bond acceptors (Lipinski definition) is 3. The first-order valence-electron chi connectivity index (χ1n) is 7.43. The molecule has 2 N–H and O–H groups in total. The van der Waals surface area contributed by atoms with Crippen molar-refractivity contribution in [3.05, 3.63) is 35.4 Å². The van der Waals surface area contributed by atoms with Gasteiger partial charge in [-0.3, -0.25) is 0 Å². The van der Waals surface area contributed by atoms with Crippen LogP contribution in [0.5, 0.6) is 0 Å². The summed E-state index contributed by atoms with van der Waals surface area (Å²) in [7, 11) is -2.94. The Labute approximate surface area is 121 Å². The SMILES string of the molecule is CS(=O)(=O)C1CCCC(C2(N)Cc3ccccc3C2)C1. The van der Waals surface area contributed by atoms with Gasteiger partial charge in [0.05, 0.1) is 5.25 Å². The molecule has 2 aliphatic carbocycles. The zero-order valence-electron chi connectivity index (χ0n) is 12.0. The first kappa shape index (κ1) is 14.1. The average Bonchev–Trinajstić information content (AvgIpc) is 2.75. The van der Waals surface area contributed by atoms with Crippen molar-refractivity contribution >= 4 is 9.84 Å². The zero-order chi connectivity index (χ0) is 14.4. The highest BCUT2D eigenvalue weighted by Crippen LogP contribution is 2.41. The van der Waals surface area contributed by atoms with Crippen LogP contribution in [-0.4, -0.2) is 25.5 Å². The maximum atomic E-state index is 11.8. The fourth-order valence-corrected chi connectivity index (χ4v) is 5.20. The van der Waals surface area contributed by atoms with Gasteiger partial charge in [0.25, 0.3) is 0 Å². The topological polar surface area (TPSA) is 60.2 Å². The average molecular weight is 293 g/mol. The molecule has 20 heavy (non-hydrogen) atoms. The van der Waals surface area contributed by atoms with Crippen LogP contribution in [0, 0.1) is 5.92 Å². The monoisotopic (exact) mass is 293 g/mol. The van der Waals surface area contributed by atoms with E-state index in [1.165, 1.54) is 17.4 Å². The Morgan fingerprint density at radius 1 is 1.15 bits per heavy atom. The van der Waals surface area contributed by atoms with Gasteiger partial charge in [0.15, 0.2) is 0 Å². The quantitative estimate of drug-likeness (QED) is 0.908. The molecule has 2 aliphatic rings. The van der Waals surface area contributed by atoms with Gasteiger partial charge in [-0.15, -0.1) is 0 Å². The van der Waals surface area contributed by atoms with Crippen LogP contribution in [0.4, 0.5) is 0 Å². The van der Waals surface area contributed by atoms with Crippen LogP contribution < -0.4 is 5.73 Å². The molecule has 0 aromatic heterocycles. The number of fused-ring (bicyclic) bond motifs is 1. The lowest BCUT2D eigenvalue weighted by molar-refractivity contribution is 0.214. The third kappa shape index (κ3) is 2.51. The van der Waals surface area contributed by atoms with Crippen LogP contribution in [-0.2, 0) is 22.7 Å². The molecule has 0 amide bonds. The molecule has 2 unspecified atom stereocenters. The molecule has 1 fully saturated rings. The molecule has 3 rings (SSSR count). The summed E-state index contributed by atoms with van der Waals surface area (Å²) in [5.74, 6) is 0.323. The molecule has 0 bridgehead atoms. The molecule has 0 aliphatic heterocycles. The molecule has 4 heteroatoms. The van der Waals surface area contributed by atoms with Crippen LogP contribution in [0.2, 0.25) is 0 Å². The zero-order valence-corrected chi connectivity index (χ0v) is 12.8. The molecule has 1 saturated carbocycles. The summed E-state index contributed by atoms with van der Waals surface area (Å²) in [5.41, 5.74) is 9.14. The van der Waals surface area contributed by atoms with Crippen LogP contribution in [0.15, 0.2) is 24.3 Å². The number of nitrogens with two attached hydrogens (primary N) is 1. The third-order valence-corrected chi connectivity index (χ3v) is 6.84. The molecule has 0 radical (unpaired) electrons. The summed E-state index contributed by atoms with van der Waals surface area (Å²) in [6.07, 6.45) is 6.75. The number of benzene rings is 1. The third-order valence-electron chi connectivity index (χ3n) is 5.20. The normalized spacial score (nSPS) is 29.1. The lowest BCUT2D eigenvalue weighted by atomic mass is 9.73. The summed E-state index contributed by atoms with van der Waals surface area (Å²) in [6.45, 7) is 0. The van der Waals surface area contributed by atoms with Crippen molar-refractivity contribution in [1.29, 1.82) is 0 Å². The van der Waals surface area contributed by atoms with E-state index in [-0.39, 0.29) is 10.8 Å². The predicted molar refractivity (Wildman–Crippen MR) is 81.4 cm³/mol. The van der Waals surface area contributed by atoms with Gasteiger partial charge in [-0.2, -0.15) is 0 Å². The van der Waals surface area contributed by atoms with E-state index in [9.17, 15) is 8.42 Å². The van der Waals surface area contributed by atoms with Crippen molar-refractivity contribution < 1.29 is 8.42 Å². The minimum Gasteiger partial charge on any atom is -0.324 e. The van der Waals surface area contributed by atoms with Crippen molar-refractivity contribution in [3.63, 3.8) is 0 Å². The summed E-state index contributed by atoms with van der Waals surface area (Å²) in [6, 6.07) is 8.43. The number of sulfone groups is 1. The Balaban J connectivity index is 1.80. The highest BCUT2D eigenvalue weighted by atomic mass is 32.2. The first-order valence-corrected chi connectivity index (χ1v) is 9.38. The van der Waals surface area contributed by atoms with E-state index < -0.39 is 9.84 Å². The maximum Gasteiger partial charge on any atom is 0.150 e. The molecule has 2 atom stereocenters. The second-order valence-electron chi connectivity index (χ2n) is 6.67. The summed E-state index contributed by atoms with van der Waals surface area (Å²) < 4.78 is 23.7. The van der Waals surface area contributed by atoms with Gasteiger partial charge in [0, 0.05) is 11.8 Å². The van der Waals surface area contributed by atoms with Crippen LogP contribution in [0.1, 0.15) is 36.8 Å². The van der Waals surface area contributed by atoms with Crippen molar-refractivity contribution in [2.24, 2.45) is 11.7 Å². The molecule has 0 spiro atoms. The Morgan fingerprint density at radius 3 is 2.30 bits per heavy atom. The predicted octanol–water partition coefficient (Wildman–Crippen LogP) is 2.09.